The minimum Gasteiger partial charge on any atom is -0.337 e. The van der Waals surface area contributed by atoms with Crippen LogP contribution in [0.2, 0.25) is 0 Å². The SMILES string of the molecule is O=C(CCn1ccnc1)Nc1cccc2ccccc12. The highest BCUT2D eigenvalue weighted by Gasteiger charge is 2.05. The number of amides is 1. The van der Waals surface area contributed by atoms with Gasteiger partial charge in [-0.05, 0) is 11.5 Å². The summed E-state index contributed by atoms with van der Waals surface area (Å²) >= 11 is 0. The van der Waals surface area contributed by atoms with E-state index < -0.39 is 0 Å². The van der Waals surface area contributed by atoms with Gasteiger partial charge in [0.05, 0.1) is 6.33 Å². The van der Waals surface area contributed by atoms with Gasteiger partial charge in [-0.2, -0.15) is 0 Å². The number of aryl methyl sites for hydroxylation is 1. The van der Waals surface area contributed by atoms with E-state index >= 15 is 0 Å². The Morgan fingerprint density at radius 2 is 2.00 bits per heavy atom. The Kier molecular flexibility index (Phi) is 3.46. The summed E-state index contributed by atoms with van der Waals surface area (Å²) in [5.41, 5.74) is 0.860. The maximum absolute atomic E-state index is 12.0. The molecule has 1 aromatic heterocycles. The molecule has 100 valence electrons. The van der Waals surface area contributed by atoms with Crippen molar-refractivity contribution in [1.29, 1.82) is 0 Å². The molecule has 20 heavy (non-hydrogen) atoms. The van der Waals surface area contributed by atoms with Crippen LogP contribution in [0.1, 0.15) is 6.42 Å². The Morgan fingerprint density at radius 1 is 1.15 bits per heavy atom. The zero-order valence-electron chi connectivity index (χ0n) is 11.0. The number of nitrogens with zero attached hydrogens (tertiary/aromatic N) is 2. The number of carbonyl (C=O) groups is 1. The molecule has 3 rings (SSSR count). The first-order valence-corrected chi connectivity index (χ1v) is 6.56. The van der Waals surface area contributed by atoms with Crippen LogP contribution >= 0.6 is 0 Å². The van der Waals surface area contributed by atoms with Gasteiger partial charge in [-0.1, -0.05) is 36.4 Å². The third kappa shape index (κ3) is 2.69. The monoisotopic (exact) mass is 265 g/mol. The lowest BCUT2D eigenvalue weighted by molar-refractivity contribution is -0.116. The van der Waals surface area contributed by atoms with Crippen LogP contribution in [-0.2, 0) is 11.3 Å². The predicted octanol–water partition coefficient (Wildman–Crippen LogP) is 3.07. The second-order valence-electron chi connectivity index (χ2n) is 4.63. The van der Waals surface area contributed by atoms with E-state index in [1.54, 1.807) is 12.5 Å². The van der Waals surface area contributed by atoms with Gasteiger partial charge >= 0.3 is 0 Å². The Morgan fingerprint density at radius 3 is 2.85 bits per heavy atom. The maximum Gasteiger partial charge on any atom is 0.226 e. The molecule has 0 saturated heterocycles. The lowest BCUT2D eigenvalue weighted by Gasteiger charge is -2.09. The van der Waals surface area contributed by atoms with Crippen LogP contribution in [0.5, 0.6) is 0 Å². The molecular formula is C16H15N3O. The van der Waals surface area contributed by atoms with Crippen molar-refractivity contribution < 1.29 is 4.79 Å². The molecule has 0 fully saturated rings. The van der Waals surface area contributed by atoms with Crippen LogP contribution in [0.15, 0.2) is 61.2 Å². The van der Waals surface area contributed by atoms with Crippen LogP contribution in [0, 0.1) is 0 Å². The molecule has 1 N–H and O–H groups in total. The number of carbonyl (C=O) groups excluding carboxylic acids is 1. The highest BCUT2D eigenvalue weighted by Crippen LogP contribution is 2.22. The fraction of sp³-hybridized carbons (Fsp3) is 0.125. The van der Waals surface area contributed by atoms with Gasteiger partial charge in [-0.3, -0.25) is 4.79 Å². The summed E-state index contributed by atoms with van der Waals surface area (Å²) in [6.45, 7) is 0.636. The second-order valence-corrected chi connectivity index (χ2v) is 4.63. The van der Waals surface area contributed by atoms with E-state index in [0.29, 0.717) is 13.0 Å². The summed E-state index contributed by atoms with van der Waals surface area (Å²) in [4.78, 5) is 16.0. The summed E-state index contributed by atoms with van der Waals surface area (Å²) in [5, 5.41) is 5.16. The molecule has 0 saturated carbocycles. The molecule has 0 spiro atoms. The van der Waals surface area contributed by atoms with Crippen molar-refractivity contribution in [2.75, 3.05) is 5.32 Å². The second kappa shape index (κ2) is 5.57. The average molecular weight is 265 g/mol. The van der Waals surface area contributed by atoms with Crippen LogP contribution in [0.3, 0.4) is 0 Å². The lowest BCUT2D eigenvalue weighted by Crippen LogP contribution is -2.14. The number of nitrogens with one attached hydrogen (secondary N) is 1. The molecule has 0 bridgehead atoms. The fourth-order valence-corrected chi connectivity index (χ4v) is 2.20. The summed E-state index contributed by atoms with van der Waals surface area (Å²) in [5.74, 6) is 0.00931. The predicted molar refractivity (Wildman–Crippen MR) is 79.4 cm³/mol. The first-order chi connectivity index (χ1) is 9.83. The van der Waals surface area contributed by atoms with Crippen molar-refractivity contribution in [1.82, 2.24) is 9.55 Å². The van der Waals surface area contributed by atoms with Crippen LogP contribution < -0.4 is 5.32 Å². The van der Waals surface area contributed by atoms with E-state index in [2.05, 4.69) is 10.3 Å². The number of hydrogen-bond acceptors (Lipinski definition) is 2. The van der Waals surface area contributed by atoms with Crippen molar-refractivity contribution in [3.05, 3.63) is 61.2 Å². The van der Waals surface area contributed by atoms with E-state index in [0.717, 1.165) is 16.5 Å². The van der Waals surface area contributed by atoms with Gasteiger partial charge < -0.3 is 9.88 Å². The quantitative estimate of drug-likeness (QED) is 0.788. The molecule has 4 nitrogen and oxygen atoms in total. The van der Waals surface area contributed by atoms with Gasteiger partial charge in [0.15, 0.2) is 0 Å². The third-order valence-corrected chi connectivity index (χ3v) is 3.22. The lowest BCUT2D eigenvalue weighted by atomic mass is 10.1. The van der Waals surface area contributed by atoms with Gasteiger partial charge in [-0.25, -0.2) is 4.98 Å². The zero-order chi connectivity index (χ0) is 13.8. The molecule has 0 radical (unpaired) electrons. The highest BCUT2D eigenvalue weighted by atomic mass is 16.1. The maximum atomic E-state index is 12.0. The van der Waals surface area contributed by atoms with E-state index in [-0.39, 0.29) is 5.91 Å². The standard InChI is InChI=1S/C16H15N3O/c20-16(8-10-19-11-9-17-12-19)18-15-7-3-5-13-4-1-2-6-14(13)15/h1-7,9,11-12H,8,10H2,(H,18,20). The Hall–Kier alpha value is -2.62. The number of hydrogen-bond donors (Lipinski definition) is 1. The van der Waals surface area contributed by atoms with Gasteiger partial charge in [-0.15, -0.1) is 0 Å². The van der Waals surface area contributed by atoms with Crippen LogP contribution in [0.4, 0.5) is 5.69 Å². The average Bonchev–Trinajstić information content (AvgIpc) is 2.99. The van der Waals surface area contributed by atoms with Crippen LogP contribution in [0.25, 0.3) is 10.8 Å². The number of benzene rings is 2. The third-order valence-electron chi connectivity index (χ3n) is 3.22. The van der Waals surface area contributed by atoms with Crippen molar-refractivity contribution in [3.63, 3.8) is 0 Å². The summed E-state index contributed by atoms with van der Waals surface area (Å²) in [7, 11) is 0. The Labute approximate surface area is 117 Å². The molecule has 0 aliphatic rings. The smallest absolute Gasteiger partial charge is 0.226 e. The van der Waals surface area contributed by atoms with E-state index in [1.165, 1.54) is 0 Å². The molecule has 2 aromatic carbocycles. The number of anilines is 1. The molecular weight excluding hydrogens is 250 g/mol. The molecule has 3 aromatic rings. The van der Waals surface area contributed by atoms with Crippen molar-refractivity contribution >= 4 is 22.4 Å². The number of rotatable bonds is 4. The Bertz CT molecular complexity index is 714. The van der Waals surface area contributed by atoms with Gasteiger partial charge in [0.1, 0.15) is 0 Å². The first-order valence-electron chi connectivity index (χ1n) is 6.56. The van der Waals surface area contributed by atoms with Crippen molar-refractivity contribution in [2.45, 2.75) is 13.0 Å². The summed E-state index contributed by atoms with van der Waals surface area (Å²) < 4.78 is 1.89. The van der Waals surface area contributed by atoms with E-state index in [9.17, 15) is 4.79 Å². The highest BCUT2D eigenvalue weighted by molar-refractivity contribution is 6.02. The molecule has 0 unspecified atom stereocenters. The van der Waals surface area contributed by atoms with E-state index in [4.69, 9.17) is 0 Å². The number of imidazole rings is 1. The minimum atomic E-state index is 0.00931. The van der Waals surface area contributed by atoms with Crippen LogP contribution in [-0.4, -0.2) is 15.5 Å². The molecule has 0 atom stereocenters. The zero-order valence-corrected chi connectivity index (χ0v) is 11.0. The summed E-state index contributed by atoms with van der Waals surface area (Å²) in [6.07, 6.45) is 5.71. The van der Waals surface area contributed by atoms with Gasteiger partial charge in [0.2, 0.25) is 5.91 Å². The van der Waals surface area contributed by atoms with E-state index in [1.807, 2.05) is 53.2 Å². The molecule has 4 heteroatoms. The molecule has 0 aliphatic carbocycles. The number of aromatic nitrogens is 2. The van der Waals surface area contributed by atoms with Gasteiger partial charge in [0, 0.05) is 36.4 Å². The molecule has 1 heterocycles. The molecule has 1 amide bonds. The fourth-order valence-electron chi connectivity index (χ4n) is 2.20. The normalized spacial score (nSPS) is 10.6. The summed E-state index contributed by atoms with van der Waals surface area (Å²) in [6, 6.07) is 13.9. The minimum absolute atomic E-state index is 0.00931. The topological polar surface area (TPSA) is 46.9 Å². The number of fused-ring (bicyclic) bond motifs is 1. The largest absolute Gasteiger partial charge is 0.337 e. The van der Waals surface area contributed by atoms with Gasteiger partial charge in [0.25, 0.3) is 0 Å². The Balaban J connectivity index is 1.71. The van der Waals surface area contributed by atoms with Crippen molar-refractivity contribution in [3.8, 4) is 0 Å². The molecule has 0 aliphatic heterocycles. The van der Waals surface area contributed by atoms with Crippen molar-refractivity contribution in [2.24, 2.45) is 0 Å². The first kappa shape index (κ1) is 12.4.